The summed E-state index contributed by atoms with van der Waals surface area (Å²) in [6.45, 7) is 0. The van der Waals surface area contributed by atoms with Crippen LogP contribution in [0.4, 0.5) is 0 Å². The Hall–Kier alpha value is -3.32. The van der Waals surface area contributed by atoms with Gasteiger partial charge in [-0.2, -0.15) is 5.26 Å². The number of ether oxygens (including phenoxy) is 2. The van der Waals surface area contributed by atoms with Crippen molar-refractivity contribution in [2.24, 2.45) is 0 Å². The number of aromatic nitrogens is 1. The summed E-state index contributed by atoms with van der Waals surface area (Å²) >= 11 is 0. The van der Waals surface area contributed by atoms with E-state index in [4.69, 9.17) is 14.7 Å². The standard InChI is InChI=1S/C18H12N2O2/c19-13-14-5-4-12-20-18(14)22-17-10-8-16(9-11-17)21-15-6-2-1-3-7-15/h1-12H. The van der Waals surface area contributed by atoms with Crippen molar-refractivity contribution in [3.63, 3.8) is 0 Å². The normalized spacial score (nSPS) is 9.77. The second-order valence-electron chi connectivity index (χ2n) is 4.46. The molecule has 0 bridgehead atoms. The predicted octanol–water partition coefficient (Wildman–Crippen LogP) is 4.54. The fourth-order valence-electron chi connectivity index (χ4n) is 1.87. The monoisotopic (exact) mass is 288 g/mol. The van der Waals surface area contributed by atoms with Gasteiger partial charge < -0.3 is 9.47 Å². The van der Waals surface area contributed by atoms with Gasteiger partial charge in [0, 0.05) is 6.20 Å². The minimum atomic E-state index is 0.293. The Kier molecular flexibility index (Phi) is 3.98. The van der Waals surface area contributed by atoms with Gasteiger partial charge in [0.05, 0.1) is 0 Å². The van der Waals surface area contributed by atoms with Crippen LogP contribution in [0.15, 0.2) is 72.9 Å². The fourth-order valence-corrected chi connectivity index (χ4v) is 1.87. The second-order valence-corrected chi connectivity index (χ2v) is 4.46. The van der Waals surface area contributed by atoms with Crippen molar-refractivity contribution in [1.82, 2.24) is 4.98 Å². The predicted molar refractivity (Wildman–Crippen MR) is 82.0 cm³/mol. The van der Waals surface area contributed by atoms with Crippen LogP contribution in [0.25, 0.3) is 0 Å². The first kappa shape index (κ1) is 13.7. The van der Waals surface area contributed by atoms with Crippen LogP contribution >= 0.6 is 0 Å². The smallest absolute Gasteiger partial charge is 0.237 e. The minimum absolute atomic E-state index is 0.293. The molecule has 0 aliphatic heterocycles. The van der Waals surface area contributed by atoms with Crippen molar-refractivity contribution in [2.45, 2.75) is 0 Å². The lowest BCUT2D eigenvalue weighted by Crippen LogP contribution is -1.91. The van der Waals surface area contributed by atoms with Crippen LogP contribution in [0, 0.1) is 11.3 Å². The topological polar surface area (TPSA) is 55.1 Å². The first-order valence-corrected chi connectivity index (χ1v) is 6.71. The zero-order valence-corrected chi connectivity index (χ0v) is 11.6. The zero-order valence-electron chi connectivity index (χ0n) is 11.6. The van der Waals surface area contributed by atoms with Crippen molar-refractivity contribution < 1.29 is 9.47 Å². The van der Waals surface area contributed by atoms with Gasteiger partial charge in [0.25, 0.3) is 0 Å². The third-order valence-corrected chi connectivity index (χ3v) is 2.91. The third kappa shape index (κ3) is 3.22. The lowest BCUT2D eigenvalue weighted by Gasteiger charge is -2.08. The molecule has 1 heterocycles. The highest BCUT2D eigenvalue weighted by molar-refractivity contribution is 5.41. The van der Waals surface area contributed by atoms with Gasteiger partial charge in [-0.15, -0.1) is 0 Å². The summed E-state index contributed by atoms with van der Waals surface area (Å²) in [5, 5.41) is 9.01. The minimum Gasteiger partial charge on any atom is -0.457 e. The molecule has 0 saturated heterocycles. The molecule has 0 saturated carbocycles. The maximum absolute atomic E-state index is 9.01. The molecular formula is C18H12N2O2. The van der Waals surface area contributed by atoms with Crippen LogP contribution in [-0.4, -0.2) is 4.98 Å². The van der Waals surface area contributed by atoms with E-state index < -0.39 is 0 Å². The number of hydrogen-bond donors (Lipinski definition) is 0. The van der Waals surface area contributed by atoms with Crippen LogP contribution in [0.1, 0.15) is 5.56 Å². The largest absolute Gasteiger partial charge is 0.457 e. The van der Waals surface area contributed by atoms with Crippen molar-refractivity contribution >= 4 is 0 Å². The molecule has 0 amide bonds. The average Bonchev–Trinajstić information content (AvgIpc) is 2.58. The summed E-state index contributed by atoms with van der Waals surface area (Å²) in [6, 6.07) is 22.1. The van der Waals surface area contributed by atoms with Crippen molar-refractivity contribution in [2.75, 3.05) is 0 Å². The van der Waals surface area contributed by atoms with Gasteiger partial charge in [0.2, 0.25) is 5.88 Å². The Labute approximate surface area is 128 Å². The Morgan fingerprint density at radius 2 is 1.36 bits per heavy atom. The fraction of sp³-hybridized carbons (Fsp3) is 0. The highest BCUT2D eigenvalue weighted by Gasteiger charge is 2.05. The number of rotatable bonds is 4. The Morgan fingerprint density at radius 1 is 0.727 bits per heavy atom. The van der Waals surface area contributed by atoms with Crippen molar-refractivity contribution in [3.8, 4) is 29.2 Å². The average molecular weight is 288 g/mol. The number of hydrogen-bond acceptors (Lipinski definition) is 4. The molecule has 0 atom stereocenters. The third-order valence-electron chi connectivity index (χ3n) is 2.91. The summed E-state index contributed by atoms with van der Waals surface area (Å²) in [6.07, 6.45) is 1.59. The van der Waals surface area contributed by atoms with E-state index in [2.05, 4.69) is 4.98 Å². The van der Waals surface area contributed by atoms with Crippen LogP contribution in [0.2, 0.25) is 0 Å². The molecule has 1 aromatic heterocycles. The summed E-state index contributed by atoms with van der Waals surface area (Å²) in [5.41, 5.74) is 0.395. The van der Waals surface area contributed by atoms with Crippen molar-refractivity contribution in [3.05, 3.63) is 78.5 Å². The zero-order chi connectivity index (χ0) is 15.2. The van der Waals surface area contributed by atoms with Gasteiger partial charge in [0.15, 0.2) is 0 Å². The molecular weight excluding hydrogens is 276 g/mol. The summed E-state index contributed by atoms with van der Waals surface area (Å²) < 4.78 is 11.3. The van der Waals surface area contributed by atoms with Gasteiger partial charge in [0.1, 0.15) is 28.9 Å². The summed E-state index contributed by atoms with van der Waals surface area (Å²) in [7, 11) is 0. The summed E-state index contributed by atoms with van der Waals surface area (Å²) in [4.78, 5) is 4.06. The van der Waals surface area contributed by atoms with Gasteiger partial charge in [-0.3, -0.25) is 0 Å². The second kappa shape index (κ2) is 6.42. The highest BCUT2D eigenvalue weighted by atomic mass is 16.5. The van der Waals surface area contributed by atoms with E-state index in [-0.39, 0.29) is 0 Å². The van der Waals surface area contributed by atoms with Crippen LogP contribution in [0.5, 0.6) is 23.1 Å². The molecule has 0 spiro atoms. The first-order valence-electron chi connectivity index (χ1n) is 6.71. The maximum atomic E-state index is 9.01. The molecule has 0 radical (unpaired) electrons. The van der Waals surface area contributed by atoms with E-state index in [1.165, 1.54) is 0 Å². The van der Waals surface area contributed by atoms with Gasteiger partial charge in [-0.05, 0) is 48.5 Å². The number of nitriles is 1. The maximum Gasteiger partial charge on any atom is 0.237 e. The molecule has 0 aliphatic rings. The van der Waals surface area contributed by atoms with Gasteiger partial charge >= 0.3 is 0 Å². The van der Waals surface area contributed by atoms with E-state index in [1.807, 2.05) is 36.4 Å². The number of nitrogens with zero attached hydrogens (tertiary/aromatic N) is 2. The summed E-state index contributed by atoms with van der Waals surface area (Å²) in [5.74, 6) is 2.37. The molecule has 22 heavy (non-hydrogen) atoms. The molecule has 0 N–H and O–H groups in total. The molecule has 106 valence electrons. The SMILES string of the molecule is N#Cc1cccnc1Oc1ccc(Oc2ccccc2)cc1. The Bertz CT molecular complexity index is 793. The van der Waals surface area contributed by atoms with E-state index in [0.29, 0.717) is 22.9 Å². The molecule has 3 aromatic rings. The number of pyridine rings is 1. The Morgan fingerprint density at radius 3 is 2.05 bits per heavy atom. The van der Waals surface area contributed by atoms with Crippen LogP contribution in [0.3, 0.4) is 0 Å². The molecule has 4 nitrogen and oxygen atoms in total. The van der Waals surface area contributed by atoms with E-state index in [0.717, 1.165) is 5.75 Å². The van der Waals surface area contributed by atoms with E-state index in [1.54, 1.807) is 42.6 Å². The molecule has 2 aromatic carbocycles. The molecule has 3 rings (SSSR count). The highest BCUT2D eigenvalue weighted by Crippen LogP contribution is 2.26. The molecule has 4 heteroatoms. The number of para-hydroxylation sites is 1. The molecule has 0 unspecified atom stereocenters. The number of benzene rings is 2. The lowest BCUT2D eigenvalue weighted by atomic mass is 10.3. The Balaban J connectivity index is 1.73. The van der Waals surface area contributed by atoms with Crippen molar-refractivity contribution in [1.29, 1.82) is 5.26 Å². The lowest BCUT2D eigenvalue weighted by molar-refractivity contribution is 0.455. The van der Waals surface area contributed by atoms with E-state index >= 15 is 0 Å². The molecule has 0 aliphatic carbocycles. The first-order chi connectivity index (χ1) is 10.8. The van der Waals surface area contributed by atoms with Gasteiger partial charge in [-0.1, -0.05) is 18.2 Å². The van der Waals surface area contributed by atoms with E-state index in [9.17, 15) is 0 Å². The quantitative estimate of drug-likeness (QED) is 0.707. The molecule has 0 fully saturated rings. The van der Waals surface area contributed by atoms with Crippen LogP contribution < -0.4 is 9.47 Å². The van der Waals surface area contributed by atoms with Crippen LogP contribution in [-0.2, 0) is 0 Å². The van der Waals surface area contributed by atoms with Gasteiger partial charge in [-0.25, -0.2) is 4.98 Å².